The fraction of sp³-hybridized carbons (Fsp3) is 0.150. The van der Waals surface area contributed by atoms with E-state index >= 15 is 0 Å². The first-order valence-corrected chi connectivity index (χ1v) is 9.77. The van der Waals surface area contributed by atoms with Crippen molar-refractivity contribution < 1.29 is 19.1 Å². The normalized spacial score (nSPS) is 10.6. The Labute approximate surface area is 168 Å². The van der Waals surface area contributed by atoms with Crippen LogP contribution in [0.5, 0.6) is 0 Å². The second-order valence-corrected chi connectivity index (χ2v) is 7.80. The van der Waals surface area contributed by atoms with Crippen molar-refractivity contribution in [1.29, 1.82) is 0 Å². The van der Waals surface area contributed by atoms with Crippen molar-refractivity contribution in [2.75, 3.05) is 13.2 Å². The van der Waals surface area contributed by atoms with Crippen molar-refractivity contribution in [2.45, 2.75) is 6.92 Å². The minimum absolute atomic E-state index is 0.250. The standard InChI is InChI=1S/C20H16BrNO4S/c1-12-15-7-2-3-8-17(15)27-19(12)16(23)11-26-18(24)10-22-20(25)13-5-4-6-14(21)9-13/h2-9H,10-11H2,1H3,(H,22,25). The maximum atomic E-state index is 12.4. The van der Waals surface area contributed by atoms with Gasteiger partial charge in [0.1, 0.15) is 6.54 Å². The summed E-state index contributed by atoms with van der Waals surface area (Å²) in [6.07, 6.45) is 0. The molecule has 0 fully saturated rings. The minimum atomic E-state index is -0.662. The average Bonchev–Trinajstić information content (AvgIpc) is 3.01. The minimum Gasteiger partial charge on any atom is -0.456 e. The van der Waals surface area contributed by atoms with Gasteiger partial charge in [0.2, 0.25) is 5.78 Å². The van der Waals surface area contributed by atoms with Crippen LogP contribution in [0.1, 0.15) is 25.6 Å². The summed E-state index contributed by atoms with van der Waals surface area (Å²) in [7, 11) is 0. The number of ether oxygens (including phenoxy) is 1. The number of carbonyl (C=O) groups excluding carboxylic acids is 3. The maximum absolute atomic E-state index is 12.4. The number of halogens is 1. The summed E-state index contributed by atoms with van der Waals surface area (Å²) in [6, 6.07) is 14.6. The highest BCUT2D eigenvalue weighted by atomic mass is 79.9. The summed E-state index contributed by atoms with van der Waals surface area (Å²) in [5.41, 5.74) is 1.31. The smallest absolute Gasteiger partial charge is 0.325 e. The van der Waals surface area contributed by atoms with Crippen molar-refractivity contribution in [2.24, 2.45) is 0 Å². The van der Waals surface area contributed by atoms with Crippen molar-refractivity contribution in [3.05, 3.63) is 69.0 Å². The van der Waals surface area contributed by atoms with Gasteiger partial charge in [-0.15, -0.1) is 11.3 Å². The number of nitrogens with one attached hydrogen (secondary N) is 1. The molecule has 7 heteroatoms. The SMILES string of the molecule is Cc1c(C(=O)COC(=O)CNC(=O)c2cccc(Br)c2)sc2ccccc12. The second kappa shape index (κ2) is 8.45. The molecular weight excluding hydrogens is 430 g/mol. The summed E-state index contributed by atoms with van der Waals surface area (Å²) in [5.74, 6) is -1.30. The van der Waals surface area contributed by atoms with Crippen LogP contribution >= 0.6 is 27.3 Å². The lowest BCUT2D eigenvalue weighted by Gasteiger charge is -2.06. The van der Waals surface area contributed by atoms with Gasteiger partial charge in [-0.3, -0.25) is 14.4 Å². The van der Waals surface area contributed by atoms with Gasteiger partial charge in [0.15, 0.2) is 6.61 Å². The molecule has 0 aliphatic heterocycles. The zero-order chi connectivity index (χ0) is 19.4. The number of hydrogen-bond donors (Lipinski definition) is 1. The number of esters is 1. The van der Waals surface area contributed by atoms with E-state index < -0.39 is 5.97 Å². The van der Waals surface area contributed by atoms with Crippen LogP contribution in [0.3, 0.4) is 0 Å². The summed E-state index contributed by atoms with van der Waals surface area (Å²) in [5, 5.41) is 3.51. The Morgan fingerprint density at radius 2 is 1.89 bits per heavy atom. The summed E-state index contributed by atoms with van der Waals surface area (Å²) < 4.78 is 6.80. The molecule has 0 aliphatic carbocycles. The second-order valence-electron chi connectivity index (χ2n) is 5.83. The molecule has 5 nitrogen and oxygen atoms in total. The van der Waals surface area contributed by atoms with Crippen LogP contribution in [0, 0.1) is 6.92 Å². The number of carbonyl (C=O) groups is 3. The molecule has 1 amide bonds. The molecule has 0 atom stereocenters. The molecule has 1 N–H and O–H groups in total. The van der Waals surface area contributed by atoms with E-state index in [4.69, 9.17) is 4.74 Å². The van der Waals surface area contributed by atoms with E-state index in [9.17, 15) is 14.4 Å². The van der Waals surface area contributed by atoms with Crippen LogP contribution in [0.2, 0.25) is 0 Å². The topological polar surface area (TPSA) is 72.5 Å². The predicted octanol–water partition coefficient (Wildman–Crippen LogP) is 4.13. The van der Waals surface area contributed by atoms with Crippen LogP contribution in [0.15, 0.2) is 53.0 Å². The number of thiophene rings is 1. The summed E-state index contributed by atoms with van der Waals surface area (Å²) >= 11 is 4.67. The molecule has 1 heterocycles. The number of aryl methyl sites for hydroxylation is 1. The Morgan fingerprint density at radius 3 is 2.63 bits per heavy atom. The lowest BCUT2D eigenvalue weighted by atomic mass is 10.1. The Morgan fingerprint density at radius 1 is 1.11 bits per heavy atom. The van der Waals surface area contributed by atoms with Gasteiger partial charge in [-0.25, -0.2) is 0 Å². The van der Waals surface area contributed by atoms with Crippen LogP contribution in [0.4, 0.5) is 0 Å². The quantitative estimate of drug-likeness (QED) is 0.457. The van der Waals surface area contributed by atoms with Crippen LogP contribution in [-0.2, 0) is 9.53 Å². The molecule has 2 aromatic carbocycles. The number of Topliss-reactive ketones (excluding diaryl/α,β-unsaturated/α-hetero) is 1. The molecule has 3 aromatic rings. The Kier molecular flexibility index (Phi) is 6.03. The van der Waals surface area contributed by atoms with Crippen LogP contribution < -0.4 is 5.32 Å². The van der Waals surface area contributed by atoms with E-state index in [0.717, 1.165) is 20.1 Å². The van der Waals surface area contributed by atoms with Crippen molar-refractivity contribution in [1.82, 2.24) is 5.32 Å². The van der Waals surface area contributed by atoms with Gasteiger partial charge in [-0.05, 0) is 42.1 Å². The Balaban J connectivity index is 1.53. The number of fused-ring (bicyclic) bond motifs is 1. The third-order valence-corrected chi connectivity index (χ3v) is 5.75. The Bertz CT molecular complexity index is 1030. The molecule has 0 saturated carbocycles. The first kappa shape index (κ1) is 19.3. The van der Waals surface area contributed by atoms with Crippen molar-refractivity contribution in [3.8, 4) is 0 Å². The fourth-order valence-corrected chi connectivity index (χ4v) is 4.12. The molecule has 0 spiro atoms. The van der Waals surface area contributed by atoms with E-state index in [1.807, 2.05) is 31.2 Å². The van der Waals surface area contributed by atoms with E-state index in [0.29, 0.717) is 10.4 Å². The van der Waals surface area contributed by atoms with Crippen LogP contribution in [-0.4, -0.2) is 30.8 Å². The van der Waals surface area contributed by atoms with Gasteiger partial charge in [-0.2, -0.15) is 0 Å². The lowest BCUT2D eigenvalue weighted by Crippen LogP contribution is -2.31. The van der Waals surface area contributed by atoms with Gasteiger partial charge in [0.05, 0.1) is 4.88 Å². The van der Waals surface area contributed by atoms with Crippen LogP contribution in [0.25, 0.3) is 10.1 Å². The molecule has 0 unspecified atom stereocenters. The number of rotatable bonds is 6. The highest BCUT2D eigenvalue weighted by Gasteiger charge is 2.17. The zero-order valence-corrected chi connectivity index (χ0v) is 16.9. The molecule has 138 valence electrons. The monoisotopic (exact) mass is 445 g/mol. The highest BCUT2D eigenvalue weighted by molar-refractivity contribution is 9.10. The zero-order valence-electron chi connectivity index (χ0n) is 14.5. The lowest BCUT2D eigenvalue weighted by molar-refractivity contribution is -0.141. The van der Waals surface area contributed by atoms with E-state index in [1.54, 1.807) is 24.3 Å². The number of amides is 1. The van der Waals surface area contributed by atoms with Crippen molar-refractivity contribution in [3.63, 3.8) is 0 Å². The number of ketones is 1. The molecule has 0 saturated heterocycles. The molecule has 0 aliphatic rings. The average molecular weight is 446 g/mol. The highest BCUT2D eigenvalue weighted by Crippen LogP contribution is 2.30. The van der Waals surface area contributed by atoms with Gasteiger partial charge >= 0.3 is 5.97 Å². The molecule has 0 bridgehead atoms. The van der Waals surface area contributed by atoms with Gasteiger partial charge < -0.3 is 10.1 Å². The largest absolute Gasteiger partial charge is 0.456 e. The number of hydrogen-bond acceptors (Lipinski definition) is 5. The summed E-state index contributed by atoms with van der Waals surface area (Å²) in [4.78, 5) is 36.8. The third kappa shape index (κ3) is 4.61. The fourth-order valence-electron chi connectivity index (χ4n) is 2.59. The van der Waals surface area contributed by atoms with E-state index in [1.165, 1.54) is 11.3 Å². The first-order valence-electron chi connectivity index (χ1n) is 8.16. The molecule has 1 aromatic heterocycles. The predicted molar refractivity (Wildman–Crippen MR) is 108 cm³/mol. The van der Waals surface area contributed by atoms with Crippen molar-refractivity contribution >= 4 is 55.0 Å². The molecular formula is C20H16BrNO4S. The van der Waals surface area contributed by atoms with Gasteiger partial charge in [0, 0.05) is 14.7 Å². The van der Waals surface area contributed by atoms with Gasteiger partial charge in [-0.1, -0.05) is 40.2 Å². The maximum Gasteiger partial charge on any atom is 0.325 e. The van der Waals surface area contributed by atoms with Gasteiger partial charge in [0.25, 0.3) is 5.91 Å². The molecule has 3 rings (SSSR count). The Hall–Kier alpha value is -2.51. The third-order valence-electron chi connectivity index (χ3n) is 3.94. The molecule has 0 radical (unpaired) electrons. The van der Waals surface area contributed by atoms with E-state index in [-0.39, 0.29) is 24.8 Å². The van der Waals surface area contributed by atoms with E-state index in [2.05, 4.69) is 21.2 Å². The first-order chi connectivity index (χ1) is 13.0. The molecule has 27 heavy (non-hydrogen) atoms. The number of benzene rings is 2. The summed E-state index contributed by atoms with van der Waals surface area (Å²) in [6.45, 7) is 1.23.